The van der Waals surface area contributed by atoms with Gasteiger partial charge in [0.2, 0.25) is 0 Å². The maximum Gasteiger partial charge on any atom is 0.416 e. The van der Waals surface area contributed by atoms with Gasteiger partial charge in [-0.05, 0) is 60.6 Å². The molecule has 0 N–H and O–H groups in total. The number of piperidine rings is 1. The lowest BCUT2D eigenvalue weighted by Crippen LogP contribution is -2.40. The maximum absolute atomic E-state index is 12.8. The van der Waals surface area contributed by atoms with E-state index < -0.39 is 11.7 Å². The van der Waals surface area contributed by atoms with Crippen LogP contribution < -0.4 is 0 Å². The van der Waals surface area contributed by atoms with Crippen molar-refractivity contribution in [1.29, 1.82) is 5.26 Å². The fourth-order valence-electron chi connectivity index (χ4n) is 4.20. The second-order valence-electron chi connectivity index (χ2n) is 7.93. The molecule has 0 amide bonds. The van der Waals surface area contributed by atoms with E-state index in [9.17, 15) is 23.2 Å². The van der Waals surface area contributed by atoms with Crippen LogP contribution in [0.3, 0.4) is 0 Å². The summed E-state index contributed by atoms with van der Waals surface area (Å²) in [6, 6.07) is 14.8. The zero-order valence-electron chi connectivity index (χ0n) is 17.4. The number of likely N-dealkylation sites (tertiary alicyclic amines) is 1. The Hall–Kier alpha value is -2.85. The average molecular weight is 430 g/mol. The molecule has 0 radical (unpaired) electrons. The van der Waals surface area contributed by atoms with Crippen LogP contribution in [-0.2, 0) is 22.3 Å². The van der Waals surface area contributed by atoms with E-state index in [4.69, 9.17) is 4.74 Å². The molecule has 0 unspecified atom stereocenters. The number of hydrogen-bond donors (Lipinski definition) is 0. The molecule has 1 heterocycles. The summed E-state index contributed by atoms with van der Waals surface area (Å²) < 4.78 is 43.6. The summed E-state index contributed by atoms with van der Waals surface area (Å²) in [6.07, 6.45) is -3.27. The molecule has 1 saturated heterocycles. The predicted octanol–water partition coefficient (Wildman–Crippen LogP) is 5.14. The monoisotopic (exact) mass is 430 g/mol. The van der Waals surface area contributed by atoms with Gasteiger partial charge in [-0.3, -0.25) is 9.69 Å². The molecule has 31 heavy (non-hydrogen) atoms. The Kier molecular flexibility index (Phi) is 7.34. The topological polar surface area (TPSA) is 53.3 Å². The van der Waals surface area contributed by atoms with Crippen LogP contribution in [0.15, 0.2) is 48.5 Å². The number of halogens is 3. The lowest BCUT2D eigenvalue weighted by molar-refractivity contribution is -0.144. The van der Waals surface area contributed by atoms with Gasteiger partial charge < -0.3 is 4.74 Å². The summed E-state index contributed by atoms with van der Waals surface area (Å²) in [7, 11) is 0. The zero-order chi connectivity index (χ0) is 22.4. The van der Waals surface area contributed by atoms with E-state index in [1.807, 2.05) is 18.2 Å². The van der Waals surface area contributed by atoms with Crippen molar-refractivity contribution in [2.75, 3.05) is 19.7 Å². The molecule has 4 nitrogen and oxygen atoms in total. The van der Waals surface area contributed by atoms with Gasteiger partial charge >= 0.3 is 12.1 Å². The van der Waals surface area contributed by atoms with E-state index in [1.165, 1.54) is 12.1 Å². The van der Waals surface area contributed by atoms with Crippen molar-refractivity contribution in [1.82, 2.24) is 4.90 Å². The van der Waals surface area contributed by atoms with Crippen LogP contribution in [0.25, 0.3) is 0 Å². The van der Waals surface area contributed by atoms with Crippen molar-refractivity contribution >= 4 is 5.97 Å². The van der Waals surface area contributed by atoms with Gasteiger partial charge in [-0.2, -0.15) is 18.4 Å². The Morgan fingerprint density at radius 2 is 1.94 bits per heavy atom. The molecule has 7 heteroatoms. The van der Waals surface area contributed by atoms with Crippen molar-refractivity contribution in [2.45, 2.75) is 38.4 Å². The Balaban J connectivity index is 1.77. The van der Waals surface area contributed by atoms with Crippen molar-refractivity contribution in [2.24, 2.45) is 5.92 Å². The highest BCUT2D eigenvalue weighted by Crippen LogP contribution is 2.34. The standard InChI is InChI=1S/C24H25F3N2O2/c1-2-31-23(30)12-19-11-21(20-5-3-4-18(10-20)13-28)16-29(15-19)14-17-6-8-22(9-7-17)24(25,26)27/h3-10,19,21H,2,11-12,14-16H2,1H3/t19-,21+/m1/s1. The van der Waals surface area contributed by atoms with Crippen LogP contribution in [0.5, 0.6) is 0 Å². The van der Waals surface area contributed by atoms with Gasteiger partial charge in [-0.25, -0.2) is 0 Å². The Morgan fingerprint density at radius 3 is 2.58 bits per heavy atom. The largest absolute Gasteiger partial charge is 0.466 e. The third-order valence-corrected chi connectivity index (χ3v) is 5.55. The first-order valence-corrected chi connectivity index (χ1v) is 10.3. The molecular formula is C24H25F3N2O2. The van der Waals surface area contributed by atoms with Crippen LogP contribution in [-0.4, -0.2) is 30.6 Å². The van der Waals surface area contributed by atoms with E-state index in [1.54, 1.807) is 13.0 Å². The third-order valence-electron chi connectivity index (χ3n) is 5.55. The van der Waals surface area contributed by atoms with Crippen molar-refractivity contribution in [3.05, 3.63) is 70.8 Å². The van der Waals surface area contributed by atoms with Gasteiger partial charge in [0.1, 0.15) is 0 Å². The normalized spacial score (nSPS) is 19.6. The highest BCUT2D eigenvalue weighted by Gasteiger charge is 2.32. The second-order valence-corrected chi connectivity index (χ2v) is 7.93. The van der Waals surface area contributed by atoms with Crippen molar-refractivity contribution in [3.8, 4) is 6.07 Å². The fourth-order valence-corrected chi connectivity index (χ4v) is 4.20. The fraction of sp³-hybridized carbons (Fsp3) is 0.417. The van der Waals surface area contributed by atoms with Crippen LogP contribution in [0, 0.1) is 17.2 Å². The first kappa shape index (κ1) is 22.8. The first-order valence-electron chi connectivity index (χ1n) is 10.3. The Bertz CT molecular complexity index is 935. The molecule has 1 aliphatic rings. The smallest absolute Gasteiger partial charge is 0.416 e. The van der Waals surface area contributed by atoms with E-state index in [-0.39, 0.29) is 17.8 Å². The molecule has 2 aromatic carbocycles. The summed E-state index contributed by atoms with van der Waals surface area (Å²) in [6.45, 7) is 3.95. The maximum atomic E-state index is 12.8. The highest BCUT2D eigenvalue weighted by molar-refractivity contribution is 5.69. The zero-order valence-corrected chi connectivity index (χ0v) is 17.4. The van der Waals surface area contributed by atoms with Gasteiger partial charge in [0.05, 0.1) is 23.8 Å². The van der Waals surface area contributed by atoms with Crippen LogP contribution in [0.1, 0.15) is 47.9 Å². The minimum atomic E-state index is -4.36. The van der Waals surface area contributed by atoms with Crippen molar-refractivity contribution < 1.29 is 22.7 Å². The summed E-state index contributed by atoms with van der Waals surface area (Å²) in [5, 5.41) is 9.22. The van der Waals surface area contributed by atoms with Gasteiger partial charge in [-0.15, -0.1) is 0 Å². The van der Waals surface area contributed by atoms with Gasteiger partial charge in [0.15, 0.2) is 0 Å². The predicted molar refractivity (Wildman–Crippen MR) is 110 cm³/mol. The quantitative estimate of drug-likeness (QED) is 0.596. The lowest BCUT2D eigenvalue weighted by Gasteiger charge is -2.38. The minimum absolute atomic E-state index is 0.0676. The number of carbonyl (C=O) groups excluding carboxylic acids is 1. The number of ether oxygens (including phenoxy) is 1. The van der Waals surface area contributed by atoms with Gasteiger partial charge in [0.25, 0.3) is 0 Å². The number of esters is 1. The molecule has 3 rings (SSSR count). The summed E-state index contributed by atoms with van der Waals surface area (Å²) in [5.74, 6) is -0.0534. The molecule has 1 fully saturated rings. The van der Waals surface area contributed by atoms with Crippen LogP contribution in [0.4, 0.5) is 13.2 Å². The minimum Gasteiger partial charge on any atom is -0.466 e. The molecule has 1 aliphatic heterocycles. The van der Waals surface area contributed by atoms with E-state index in [0.717, 1.165) is 29.7 Å². The SMILES string of the molecule is CCOC(=O)C[C@H]1C[C@H](c2cccc(C#N)c2)CN(Cc2ccc(C(F)(F)F)cc2)C1. The number of nitrogens with zero attached hydrogens (tertiary/aromatic N) is 2. The lowest BCUT2D eigenvalue weighted by atomic mass is 9.82. The first-order chi connectivity index (χ1) is 14.8. The van der Waals surface area contributed by atoms with Gasteiger partial charge in [-0.1, -0.05) is 24.3 Å². The molecule has 0 spiro atoms. The molecule has 0 aliphatic carbocycles. The Morgan fingerprint density at radius 1 is 1.19 bits per heavy atom. The highest BCUT2D eigenvalue weighted by atomic mass is 19.4. The van der Waals surface area contributed by atoms with E-state index >= 15 is 0 Å². The van der Waals surface area contributed by atoms with Crippen molar-refractivity contribution in [3.63, 3.8) is 0 Å². The summed E-state index contributed by atoms with van der Waals surface area (Å²) in [5.41, 5.74) is 1.74. The molecular weight excluding hydrogens is 405 g/mol. The second kappa shape index (κ2) is 9.97. The summed E-state index contributed by atoms with van der Waals surface area (Å²) in [4.78, 5) is 14.2. The molecule has 2 atom stereocenters. The molecule has 0 bridgehead atoms. The summed E-state index contributed by atoms with van der Waals surface area (Å²) >= 11 is 0. The number of hydrogen-bond acceptors (Lipinski definition) is 4. The van der Waals surface area contributed by atoms with Crippen LogP contribution in [0.2, 0.25) is 0 Å². The van der Waals surface area contributed by atoms with Crippen LogP contribution >= 0.6 is 0 Å². The number of alkyl halides is 3. The number of rotatable bonds is 6. The molecule has 0 aromatic heterocycles. The average Bonchev–Trinajstić information content (AvgIpc) is 2.73. The number of carbonyl (C=O) groups is 1. The number of nitriles is 1. The molecule has 2 aromatic rings. The third kappa shape index (κ3) is 6.31. The van der Waals surface area contributed by atoms with Gasteiger partial charge in [0, 0.05) is 26.1 Å². The van der Waals surface area contributed by atoms with E-state index in [2.05, 4.69) is 11.0 Å². The van der Waals surface area contributed by atoms with E-state index in [0.29, 0.717) is 38.2 Å². The number of benzene rings is 2. The molecule has 164 valence electrons. The molecule has 0 saturated carbocycles. The Labute approximate surface area is 180 Å².